The van der Waals surface area contributed by atoms with E-state index in [1.165, 1.54) is 12.1 Å². The van der Waals surface area contributed by atoms with Crippen LogP contribution in [0.15, 0.2) is 30.3 Å². The van der Waals surface area contributed by atoms with Crippen LogP contribution < -0.4 is 5.32 Å². The summed E-state index contributed by atoms with van der Waals surface area (Å²) >= 11 is 0. The summed E-state index contributed by atoms with van der Waals surface area (Å²) in [5.41, 5.74) is 3.16. The molecule has 4 rings (SSSR count). The van der Waals surface area contributed by atoms with Gasteiger partial charge < -0.3 is 24.6 Å². The Kier molecular flexibility index (Phi) is 11.9. The fourth-order valence-electron chi connectivity index (χ4n) is 6.20. The van der Waals surface area contributed by atoms with Crippen molar-refractivity contribution in [1.29, 1.82) is 0 Å². The number of aryl methyl sites for hydroxylation is 2. The molecule has 3 amide bonds. The molecule has 1 heterocycles. The van der Waals surface area contributed by atoms with Crippen molar-refractivity contribution in [3.8, 4) is 11.1 Å². The molecule has 0 aromatic heterocycles. The lowest BCUT2D eigenvalue weighted by molar-refractivity contribution is 0.00749. The Hall–Kier alpha value is -3.46. The van der Waals surface area contributed by atoms with Crippen molar-refractivity contribution < 1.29 is 28.2 Å². The number of methoxy groups -OCH3 is 1. The minimum atomic E-state index is -0.602. The van der Waals surface area contributed by atoms with Crippen LogP contribution in [0.5, 0.6) is 0 Å². The molecule has 2 aromatic carbocycles. The largest absolute Gasteiger partial charge is 0.444 e. The molecule has 1 saturated carbocycles. The van der Waals surface area contributed by atoms with Gasteiger partial charge in [-0.1, -0.05) is 6.92 Å². The van der Waals surface area contributed by atoms with Gasteiger partial charge in [0.2, 0.25) is 0 Å². The van der Waals surface area contributed by atoms with E-state index in [1.807, 2.05) is 58.6 Å². The number of amides is 3. The Morgan fingerprint density at radius 1 is 1.04 bits per heavy atom. The van der Waals surface area contributed by atoms with Gasteiger partial charge >= 0.3 is 6.09 Å². The number of hydrogen-bond acceptors (Lipinski definition) is 5. The fourth-order valence-corrected chi connectivity index (χ4v) is 6.20. The summed E-state index contributed by atoms with van der Waals surface area (Å²) in [4.78, 5) is 43.9. The van der Waals surface area contributed by atoms with Crippen LogP contribution in [0.1, 0.15) is 112 Å². The third-order valence-electron chi connectivity index (χ3n) is 8.65. The Bertz CT molecular complexity index is 1400. The smallest absolute Gasteiger partial charge is 0.410 e. The number of halogens is 1. The number of nitrogens with one attached hydrogen (secondary N) is 1. The third-order valence-corrected chi connectivity index (χ3v) is 8.65. The predicted molar refractivity (Wildman–Crippen MR) is 179 cm³/mol. The summed E-state index contributed by atoms with van der Waals surface area (Å²) in [5.74, 6) is -0.700. The molecular weight excluding hydrogens is 585 g/mol. The second-order valence-corrected chi connectivity index (χ2v) is 13.9. The lowest BCUT2D eigenvalue weighted by Gasteiger charge is -2.42. The van der Waals surface area contributed by atoms with E-state index >= 15 is 4.39 Å². The molecule has 2 fully saturated rings. The molecule has 1 aliphatic carbocycles. The van der Waals surface area contributed by atoms with Gasteiger partial charge in [0.25, 0.3) is 11.8 Å². The Balaban J connectivity index is 1.71. The van der Waals surface area contributed by atoms with E-state index in [2.05, 4.69) is 5.32 Å². The van der Waals surface area contributed by atoms with Crippen LogP contribution in [0.3, 0.4) is 0 Å². The number of ether oxygens (including phenoxy) is 2. The van der Waals surface area contributed by atoms with Crippen molar-refractivity contribution in [2.45, 2.75) is 117 Å². The van der Waals surface area contributed by atoms with E-state index in [0.29, 0.717) is 54.8 Å². The first-order chi connectivity index (χ1) is 21.8. The summed E-state index contributed by atoms with van der Waals surface area (Å²) in [6.45, 7) is 13.2. The lowest BCUT2D eigenvalue weighted by Crippen LogP contribution is -2.54. The first kappa shape index (κ1) is 35.4. The molecule has 1 unspecified atom stereocenters. The number of hydrogen-bond donors (Lipinski definition) is 1. The zero-order valence-electron chi connectivity index (χ0n) is 28.7. The highest BCUT2D eigenvalue weighted by Gasteiger charge is 2.35. The maximum Gasteiger partial charge on any atom is 0.410 e. The molecule has 8 nitrogen and oxygen atoms in total. The third kappa shape index (κ3) is 9.08. The number of rotatable bonds is 12. The molecule has 9 heteroatoms. The summed E-state index contributed by atoms with van der Waals surface area (Å²) in [6, 6.07) is 8.31. The molecule has 0 spiro atoms. The summed E-state index contributed by atoms with van der Waals surface area (Å²) in [7, 11) is 1.67. The Labute approximate surface area is 274 Å². The van der Waals surface area contributed by atoms with Crippen LogP contribution in [0, 0.1) is 5.82 Å². The maximum atomic E-state index is 15.5. The molecule has 1 aliphatic heterocycles. The minimum absolute atomic E-state index is 0.0920. The quantitative estimate of drug-likeness (QED) is 0.250. The second-order valence-electron chi connectivity index (χ2n) is 13.9. The van der Waals surface area contributed by atoms with Crippen LogP contribution in [0.4, 0.5) is 9.18 Å². The van der Waals surface area contributed by atoms with E-state index in [4.69, 9.17) is 9.47 Å². The van der Waals surface area contributed by atoms with E-state index in [1.54, 1.807) is 18.1 Å². The van der Waals surface area contributed by atoms with Crippen LogP contribution >= 0.6 is 0 Å². The number of nitrogens with zero attached hydrogens (tertiary/aromatic N) is 2. The first-order valence-corrected chi connectivity index (χ1v) is 16.9. The van der Waals surface area contributed by atoms with Gasteiger partial charge in [0.1, 0.15) is 11.4 Å². The number of carbonyl (C=O) groups is 3. The van der Waals surface area contributed by atoms with Crippen LogP contribution in [0.25, 0.3) is 11.1 Å². The van der Waals surface area contributed by atoms with Crippen molar-refractivity contribution in [2.24, 2.45) is 0 Å². The maximum absolute atomic E-state index is 15.5. The number of unbranched alkanes of at least 4 members (excludes halogenated alkanes) is 1. The molecule has 2 aromatic rings. The molecule has 1 saturated heterocycles. The SMILES string of the molecule is CCc1cc(-c2cc(C(=O)NC3CC3)ccc2F)c(CCCCOC)cc1C(=O)N(C(C)C)C1CCCN(C(=O)OC(C)(C)C)C1. The van der Waals surface area contributed by atoms with Crippen LogP contribution in [-0.4, -0.2) is 78.2 Å². The standard InChI is InChI=1S/C37H52FN3O5/c1-8-25-20-30(32-22-27(14-17-33(32)38)34(42)39-28-15-16-28)26(12-9-10-19-45-7)21-31(25)35(43)41(24(2)3)29-13-11-18-40(23-29)36(44)46-37(4,5)6/h14,17,20-22,24,28-29H,8-13,15-16,18-19,23H2,1-7H3,(H,39,42). The van der Waals surface area contributed by atoms with Crippen LogP contribution in [0.2, 0.25) is 0 Å². The topological polar surface area (TPSA) is 88.2 Å². The molecule has 46 heavy (non-hydrogen) atoms. The molecule has 2 aliphatic rings. The summed E-state index contributed by atoms with van der Waals surface area (Å²) in [5, 5.41) is 3.00. The van der Waals surface area contributed by atoms with E-state index < -0.39 is 11.4 Å². The highest BCUT2D eigenvalue weighted by atomic mass is 19.1. The second kappa shape index (κ2) is 15.4. The van der Waals surface area contributed by atoms with Gasteiger partial charge in [0.15, 0.2) is 0 Å². The van der Waals surface area contributed by atoms with Crippen molar-refractivity contribution in [3.63, 3.8) is 0 Å². The fraction of sp³-hybridized carbons (Fsp3) is 0.595. The molecule has 0 bridgehead atoms. The average molecular weight is 638 g/mol. The number of carbonyl (C=O) groups excluding carboxylic acids is 3. The van der Waals surface area contributed by atoms with E-state index in [0.717, 1.165) is 49.7 Å². The summed E-state index contributed by atoms with van der Waals surface area (Å²) < 4.78 is 26.4. The zero-order chi connectivity index (χ0) is 33.6. The van der Waals surface area contributed by atoms with Crippen molar-refractivity contribution in [2.75, 3.05) is 26.8 Å². The molecule has 1 atom stereocenters. The lowest BCUT2D eigenvalue weighted by atomic mass is 9.88. The summed E-state index contributed by atoms with van der Waals surface area (Å²) in [6.07, 6.45) is 5.94. The highest BCUT2D eigenvalue weighted by Crippen LogP contribution is 2.34. The number of benzene rings is 2. The van der Waals surface area contributed by atoms with Gasteiger partial charge in [-0.05, 0) is 133 Å². The van der Waals surface area contributed by atoms with E-state index in [9.17, 15) is 14.4 Å². The van der Waals surface area contributed by atoms with Crippen molar-refractivity contribution >= 4 is 17.9 Å². The number of likely N-dealkylation sites (tertiary alicyclic amines) is 1. The normalized spacial score (nSPS) is 16.8. The van der Waals surface area contributed by atoms with Gasteiger partial charge in [-0.25, -0.2) is 9.18 Å². The minimum Gasteiger partial charge on any atom is -0.444 e. The predicted octanol–water partition coefficient (Wildman–Crippen LogP) is 7.17. The van der Waals surface area contributed by atoms with Crippen molar-refractivity contribution in [1.82, 2.24) is 15.1 Å². The molecule has 0 radical (unpaired) electrons. The van der Waals surface area contributed by atoms with E-state index in [-0.39, 0.29) is 36.0 Å². The van der Waals surface area contributed by atoms with Gasteiger partial charge in [-0.3, -0.25) is 9.59 Å². The highest BCUT2D eigenvalue weighted by molar-refractivity contribution is 5.98. The van der Waals surface area contributed by atoms with Gasteiger partial charge in [-0.15, -0.1) is 0 Å². The Morgan fingerprint density at radius 3 is 2.41 bits per heavy atom. The Morgan fingerprint density at radius 2 is 1.78 bits per heavy atom. The van der Waals surface area contributed by atoms with Crippen LogP contribution in [-0.2, 0) is 22.3 Å². The van der Waals surface area contributed by atoms with Gasteiger partial charge in [-0.2, -0.15) is 0 Å². The molecule has 1 N–H and O–H groups in total. The molecule has 252 valence electrons. The first-order valence-electron chi connectivity index (χ1n) is 16.9. The zero-order valence-corrected chi connectivity index (χ0v) is 28.7. The monoisotopic (exact) mass is 637 g/mol. The number of piperidine rings is 1. The van der Waals surface area contributed by atoms with Gasteiger partial charge in [0, 0.05) is 55.6 Å². The molecular formula is C37H52FN3O5. The van der Waals surface area contributed by atoms with Gasteiger partial charge in [0.05, 0.1) is 6.04 Å². The average Bonchev–Trinajstić information content (AvgIpc) is 3.82. The van der Waals surface area contributed by atoms with Crippen molar-refractivity contribution in [3.05, 3.63) is 58.4 Å².